The summed E-state index contributed by atoms with van der Waals surface area (Å²) in [4.78, 5) is 6.72. The van der Waals surface area contributed by atoms with Crippen LogP contribution in [0.4, 0.5) is 5.13 Å². The van der Waals surface area contributed by atoms with Crippen molar-refractivity contribution in [2.75, 3.05) is 31.1 Å². The molecule has 0 atom stereocenters. The number of piperazine rings is 1. The maximum atomic E-state index is 12.4. The molecule has 1 aromatic heterocycles. The van der Waals surface area contributed by atoms with E-state index in [4.69, 9.17) is 0 Å². The third kappa shape index (κ3) is 2.56. The second kappa shape index (κ2) is 5.51. The average Bonchev–Trinajstić information content (AvgIpc) is 3.00. The van der Waals surface area contributed by atoms with E-state index >= 15 is 0 Å². The Kier molecular flexibility index (Phi) is 3.73. The van der Waals surface area contributed by atoms with Crippen molar-refractivity contribution in [2.45, 2.75) is 9.92 Å². The van der Waals surface area contributed by atoms with Gasteiger partial charge in [-0.3, -0.25) is 0 Å². The normalized spacial score (nSPS) is 16.3. The Morgan fingerprint density at radius 2 is 1.85 bits per heavy atom. The highest BCUT2D eigenvalue weighted by Gasteiger charge is 2.23. The van der Waals surface area contributed by atoms with Crippen molar-refractivity contribution in [2.24, 2.45) is 0 Å². The maximum Gasteiger partial charge on any atom is 0.224 e. The Morgan fingerprint density at radius 3 is 2.55 bits per heavy atom. The predicted molar refractivity (Wildman–Crippen MR) is 79.1 cm³/mol. The second-order valence-electron chi connectivity index (χ2n) is 4.52. The first-order chi connectivity index (χ1) is 9.68. The van der Waals surface area contributed by atoms with Crippen molar-refractivity contribution in [3.63, 3.8) is 0 Å². The van der Waals surface area contributed by atoms with E-state index in [2.05, 4.69) is 15.2 Å². The maximum absolute atomic E-state index is 12.4. The molecule has 3 rings (SSSR count). The van der Waals surface area contributed by atoms with Gasteiger partial charge in [-0.25, -0.2) is 13.4 Å². The van der Waals surface area contributed by atoms with Crippen molar-refractivity contribution in [3.05, 3.63) is 35.7 Å². The molecule has 7 heteroatoms. The lowest BCUT2D eigenvalue weighted by molar-refractivity contribution is 0.583. The van der Waals surface area contributed by atoms with Crippen LogP contribution in [0.25, 0.3) is 0 Å². The number of nitrogens with zero attached hydrogens (tertiary/aromatic N) is 2. The van der Waals surface area contributed by atoms with Crippen molar-refractivity contribution in [3.8, 4) is 0 Å². The molecule has 106 valence electrons. The number of benzene rings is 1. The first kappa shape index (κ1) is 13.5. The van der Waals surface area contributed by atoms with Gasteiger partial charge in [0.15, 0.2) is 10.2 Å². The lowest BCUT2D eigenvalue weighted by Crippen LogP contribution is -2.43. The Bertz CT molecular complexity index is 677. The van der Waals surface area contributed by atoms with Crippen molar-refractivity contribution in [1.82, 2.24) is 10.3 Å². The van der Waals surface area contributed by atoms with Gasteiger partial charge in [0.25, 0.3) is 0 Å². The van der Waals surface area contributed by atoms with E-state index in [9.17, 15) is 8.42 Å². The van der Waals surface area contributed by atoms with E-state index in [1.54, 1.807) is 35.7 Å². The summed E-state index contributed by atoms with van der Waals surface area (Å²) in [5.74, 6) is 0. The van der Waals surface area contributed by atoms with Crippen LogP contribution in [0.2, 0.25) is 0 Å². The minimum Gasteiger partial charge on any atom is -0.346 e. The van der Waals surface area contributed by atoms with Crippen LogP contribution in [0.1, 0.15) is 0 Å². The topological polar surface area (TPSA) is 62.3 Å². The van der Waals surface area contributed by atoms with Crippen LogP contribution in [0.5, 0.6) is 0 Å². The van der Waals surface area contributed by atoms with E-state index in [0.29, 0.717) is 0 Å². The number of thiazole rings is 1. The summed E-state index contributed by atoms with van der Waals surface area (Å²) in [6.07, 6.45) is 0. The number of nitrogens with one attached hydrogen (secondary N) is 1. The highest BCUT2D eigenvalue weighted by Crippen LogP contribution is 2.27. The van der Waals surface area contributed by atoms with E-state index < -0.39 is 9.84 Å². The van der Waals surface area contributed by atoms with Crippen molar-refractivity contribution < 1.29 is 8.42 Å². The number of hydrogen-bond acceptors (Lipinski definition) is 6. The Morgan fingerprint density at radius 1 is 1.15 bits per heavy atom. The zero-order chi connectivity index (χ0) is 14.0. The molecule has 1 aliphatic heterocycles. The Labute approximate surface area is 122 Å². The molecule has 0 aliphatic carbocycles. The molecule has 1 N–H and O–H groups in total. The molecule has 2 heterocycles. The summed E-state index contributed by atoms with van der Waals surface area (Å²) < 4.78 is 24.9. The van der Waals surface area contributed by atoms with E-state index in [1.165, 1.54) is 11.3 Å². The fourth-order valence-electron chi connectivity index (χ4n) is 2.10. The summed E-state index contributed by atoms with van der Waals surface area (Å²) in [6.45, 7) is 3.53. The second-order valence-corrected chi connectivity index (χ2v) is 7.25. The van der Waals surface area contributed by atoms with Gasteiger partial charge in [0.1, 0.15) is 0 Å². The number of anilines is 1. The fourth-order valence-corrected chi connectivity index (χ4v) is 4.51. The third-order valence-corrected chi connectivity index (χ3v) is 5.89. The summed E-state index contributed by atoms with van der Waals surface area (Å²) in [6, 6.07) is 8.43. The van der Waals surface area contributed by atoms with Crippen molar-refractivity contribution >= 4 is 26.3 Å². The van der Waals surface area contributed by atoms with E-state index in [-0.39, 0.29) is 9.92 Å². The van der Waals surface area contributed by atoms with Gasteiger partial charge in [0.2, 0.25) is 9.84 Å². The van der Waals surface area contributed by atoms with Gasteiger partial charge in [-0.05, 0) is 12.1 Å². The summed E-state index contributed by atoms with van der Waals surface area (Å²) >= 11 is 1.39. The number of hydrogen-bond donors (Lipinski definition) is 1. The minimum atomic E-state index is -3.50. The first-order valence-electron chi connectivity index (χ1n) is 6.39. The lowest BCUT2D eigenvalue weighted by Gasteiger charge is -2.26. The Hall–Kier alpha value is -1.44. The van der Waals surface area contributed by atoms with Gasteiger partial charge < -0.3 is 10.2 Å². The summed E-state index contributed by atoms with van der Waals surface area (Å²) in [7, 11) is -3.50. The van der Waals surface area contributed by atoms with E-state index in [0.717, 1.165) is 31.3 Å². The molecular weight excluding hydrogens is 294 g/mol. The highest BCUT2D eigenvalue weighted by molar-refractivity contribution is 7.91. The zero-order valence-electron chi connectivity index (χ0n) is 10.8. The van der Waals surface area contributed by atoms with Crippen LogP contribution in [-0.2, 0) is 9.84 Å². The quantitative estimate of drug-likeness (QED) is 0.928. The molecule has 0 bridgehead atoms. The molecule has 0 saturated carbocycles. The van der Waals surface area contributed by atoms with Gasteiger partial charge in [0, 0.05) is 31.6 Å². The minimum absolute atomic E-state index is 0.141. The molecule has 1 aromatic carbocycles. The number of rotatable bonds is 3. The van der Waals surface area contributed by atoms with Gasteiger partial charge in [-0.2, -0.15) is 0 Å². The van der Waals surface area contributed by atoms with Crippen molar-refractivity contribution in [1.29, 1.82) is 0 Å². The number of sulfone groups is 1. The third-order valence-electron chi connectivity index (χ3n) is 3.19. The predicted octanol–water partition coefficient (Wildman–Crippen LogP) is 1.39. The molecule has 0 amide bonds. The molecule has 0 unspecified atom stereocenters. The fraction of sp³-hybridized carbons (Fsp3) is 0.308. The summed E-state index contributed by atoms with van der Waals surface area (Å²) in [5.41, 5.74) is 0. The first-order valence-corrected chi connectivity index (χ1v) is 8.75. The molecule has 20 heavy (non-hydrogen) atoms. The van der Waals surface area contributed by atoms with Crippen LogP contribution in [0.15, 0.2) is 45.6 Å². The Balaban J connectivity index is 1.90. The SMILES string of the molecule is O=S(=O)(c1ccccc1)c1csc(N2CCNCC2)n1. The van der Waals surface area contributed by atoms with Crippen LogP contribution < -0.4 is 10.2 Å². The van der Waals surface area contributed by atoms with Crippen LogP contribution >= 0.6 is 11.3 Å². The zero-order valence-corrected chi connectivity index (χ0v) is 12.5. The molecule has 0 radical (unpaired) electrons. The van der Waals surface area contributed by atoms with Crippen LogP contribution in [0, 0.1) is 0 Å². The summed E-state index contributed by atoms with van der Waals surface area (Å²) in [5, 5.41) is 5.81. The molecule has 1 saturated heterocycles. The van der Waals surface area contributed by atoms with Crippen LogP contribution in [0.3, 0.4) is 0 Å². The molecule has 1 fully saturated rings. The smallest absolute Gasteiger partial charge is 0.224 e. The van der Waals surface area contributed by atoms with Crippen LogP contribution in [-0.4, -0.2) is 39.6 Å². The molecule has 2 aromatic rings. The van der Waals surface area contributed by atoms with Gasteiger partial charge in [-0.15, -0.1) is 11.3 Å². The van der Waals surface area contributed by atoms with Gasteiger partial charge in [0.05, 0.1) is 4.90 Å². The van der Waals surface area contributed by atoms with E-state index in [1.807, 2.05) is 0 Å². The molecule has 0 spiro atoms. The monoisotopic (exact) mass is 309 g/mol. The van der Waals surface area contributed by atoms with Gasteiger partial charge >= 0.3 is 0 Å². The average molecular weight is 309 g/mol. The molecular formula is C13H15N3O2S2. The lowest BCUT2D eigenvalue weighted by atomic mass is 10.4. The standard InChI is InChI=1S/C13H15N3O2S2/c17-20(18,11-4-2-1-3-5-11)12-10-19-13(15-12)16-8-6-14-7-9-16/h1-5,10,14H,6-9H2. The largest absolute Gasteiger partial charge is 0.346 e. The molecule has 5 nitrogen and oxygen atoms in total. The molecule has 1 aliphatic rings. The highest BCUT2D eigenvalue weighted by atomic mass is 32.2. The number of aromatic nitrogens is 1. The van der Waals surface area contributed by atoms with Gasteiger partial charge in [-0.1, -0.05) is 18.2 Å².